The Hall–Kier alpha value is -1.50. The molecule has 0 bridgehead atoms. The lowest BCUT2D eigenvalue weighted by Gasteiger charge is -2.37. The van der Waals surface area contributed by atoms with Gasteiger partial charge in [-0.15, -0.1) is 10.2 Å². The molecular weight excluding hydrogens is 251 g/mol. The van der Waals surface area contributed by atoms with E-state index in [0.29, 0.717) is 13.0 Å². The van der Waals surface area contributed by atoms with Gasteiger partial charge in [-0.05, 0) is 27.2 Å². The second-order valence-corrected chi connectivity index (χ2v) is 5.66. The highest BCUT2D eigenvalue weighted by molar-refractivity contribution is 5.90. The highest BCUT2D eigenvalue weighted by Gasteiger charge is 2.35. The fourth-order valence-corrected chi connectivity index (χ4v) is 2.11. The first kappa shape index (κ1) is 13.9. The van der Waals surface area contributed by atoms with Gasteiger partial charge in [0.1, 0.15) is 12.5 Å². The van der Waals surface area contributed by atoms with Gasteiger partial charge >= 0.3 is 0 Å². The fraction of sp³-hybridized carbons (Fsp3) is 0.750. The van der Waals surface area contributed by atoms with Crippen molar-refractivity contribution in [2.75, 3.05) is 13.1 Å². The Morgan fingerprint density at radius 2 is 2.32 bits per heavy atom. The summed E-state index contributed by atoms with van der Waals surface area (Å²) in [6.07, 6.45) is 0.173. The van der Waals surface area contributed by atoms with Crippen LogP contribution in [-0.4, -0.2) is 57.0 Å². The molecule has 0 aromatic carbocycles. The summed E-state index contributed by atoms with van der Waals surface area (Å²) in [5.41, 5.74) is -0.383. The van der Waals surface area contributed by atoms with Gasteiger partial charge in [-0.25, -0.2) is 4.39 Å². The Morgan fingerprint density at radius 3 is 2.84 bits per heavy atom. The Morgan fingerprint density at radius 1 is 1.58 bits per heavy atom. The molecule has 1 fully saturated rings. The van der Waals surface area contributed by atoms with Gasteiger partial charge in [0.2, 0.25) is 5.82 Å². The molecule has 1 aliphatic rings. The van der Waals surface area contributed by atoms with Crippen LogP contribution in [0.4, 0.5) is 4.39 Å². The van der Waals surface area contributed by atoms with Crippen molar-refractivity contribution < 1.29 is 13.9 Å². The van der Waals surface area contributed by atoms with Gasteiger partial charge in [-0.2, -0.15) is 0 Å². The van der Waals surface area contributed by atoms with Gasteiger partial charge in [0.25, 0.3) is 5.91 Å². The molecule has 1 aromatic heterocycles. The highest BCUT2D eigenvalue weighted by Crippen LogP contribution is 2.23. The smallest absolute Gasteiger partial charge is 0.291 e. The first-order valence-electron chi connectivity index (χ1n) is 6.34. The van der Waals surface area contributed by atoms with Crippen molar-refractivity contribution in [3.63, 3.8) is 0 Å². The molecule has 1 aromatic rings. The van der Waals surface area contributed by atoms with Crippen LogP contribution in [0.5, 0.6) is 0 Å². The number of nitrogens with one attached hydrogen (secondary N) is 1. The molecule has 19 heavy (non-hydrogen) atoms. The summed E-state index contributed by atoms with van der Waals surface area (Å²) in [5, 5.41) is 7.19. The van der Waals surface area contributed by atoms with Gasteiger partial charge < -0.3 is 14.6 Å². The molecule has 2 atom stereocenters. The Kier molecular flexibility index (Phi) is 3.84. The van der Waals surface area contributed by atoms with Crippen molar-refractivity contribution in [1.82, 2.24) is 20.1 Å². The van der Waals surface area contributed by atoms with E-state index in [-0.39, 0.29) is 23.9 Å². The third-order valence-electron chi connectivity index (χ3n) is 2.89. The minimum Gasteiger partial charge on any atom is -0.369 e. The summed E-state index contributed by atoms with van der Waals surface area (Å²) in [7, 11) is 0. The van der Waals surface area contributed by atoms with Crippen LogP contribution in [0.15, 0.2) is 6.33 Å². The predicted molar refractivity (Wildman–Crippen MR) is 66.4 cm³/mol. The number of carbonyl (C=O) groups excluding carboxylic acids is 1. The fourth-order valence-electron chi connectivity index (χ4n) is 2.11. The minimum atomic E-state index is -1.18. The number of aromatic amines is 1. The Bertz CT molecular complexity index is 429. The topological polar surface area (TPSA) is 71.1 Å². The highest BCUT2D eigenvalue weighted by atomic mass is 19.1. The lowest BCUT2D eigenvalue weighted by Crippen LogP contribution is -2.50. The number of likely N-dealkylation sites (tertiary alicyclic amines) is 1. The number of amides is 1. The summed E-state index contributed by atoms with van der Waals surface area (Å²) < 4.78 is 19.7. The van der Waals surface area contributed by atoms with E-state index >= 15 is 0 Å². The van der Waals surface area contributed by atoms with E-state index in [9.17, 15) is 9.18 Å². The number of rotatable bonds is 2. The average Bonchev–Trinajstić information content (AvgIpc) is 2.82. The number of nitrogens with zero attached hydrogens (tertiary/aromatic N) is 3. The number of carbonyl (C=O) groups is 1. The lowest BCUT2D eigenvalue weighted by molar-refractivity contribution is -0.111. The zero-order valence-electron chi connectivity index (χ0n) is 11.4. The zero-order valence-corrected chi connectivity index (χ0v) is 11.4. The first-order chi connectivity index (χ1) is 8.87. The van der Waals surface area contributed by atoms with Crippen LogP contribution < -0.4 is 0 Å². The molecule has 7 heteroatoms. The molecule has 1 amide bonds. The van der Waals surface area contributed by atoms with Crippen LogP contribution in [0, 0.1) is 0 Å². The lowest BCUT2D eigenvalue weighted by atomic mass is 10.0. The van der Waals surface area contributed by atoms with E-state index in [1.54, 1.807) is 0 Å². The molecule has 0 saturated carbocycles. The quantitative estimate of drug-likeness (QED) is 0.875. The van der Waals surface area contributed by atoms with Crippen molar-refractivity contribution in [3.8, 4) is 0 Å². The molecule has 0 radical (unpaired) electrons. The normalized spacial score (nSPS) is 24.5. The third kappa shape index (κ3) is 3.50. The van der Waals surface area contributed by atoms with Crippen LogP contribution in [0.25, 0.3) is 0 Å². The molecule has 0 unspecified atom stereocenters. The summed E-state index contributed by atoms with van der Waals surface area (Å²) in [4.78, 5) is 16.1. The summed E-state index contributed by atoms with van der Waals surface area (Å²) >= 11 is 0. The summed E-state index contributed by atoms with van der Waals surface area (Å²) in [5.74, 6) is -0.184. The number of piperidine rings is 1. The van der Waals surface area contributed by atoms with Crippen LogP contribution in [0.1, 0.15) is 37.8 Å². The molecule has 0 spiro atoms. The van der Waals surface area contributed by atoms with Crippen molar-refractivity contribution in [2.45, 2.75) is 45.1 Å². The second kappa shape index (κ2) is 5.24. The van der Waals surface area contributed by atoms with Gasteiger partial charge in [-0.1, -0.05) is 0 Å². The number of hydrogen-bond acceptors (Lipinski definition) is 4. The number of hydrogen-bond donors (Lipinski definition) is 1. The maximum Gasteiger partial charge on any atom is 0.291 e. The monoisotopic (exact) mass is 270 g/mol. The zero-order chi connectivity index (χ0) is 14.0. The van der Waals surface area contributed by atoms with Crippen LogP contribution in [-0.2, 0) is 4.74 Å². The van der Waals surface area contributed by atoms with E-state index in [0.717, 1.165) is 0 Å². The molecule has 1 aliphatic heterocycles. The van der Waals surface area contributed by atoms with Crippen molar-refractivity contribution in [1.29, 1.82) is 0 Å². The predicted octanol–water partition coefficient (Wildman–Crippen LogP) is 1.17. The van der Waals surface area contributed by atoms with Gasteiger partial charge in [-0.3, -0.25) is 4.79 Å². The van der Waals surface area contributed by atoms with Gasteiger partial charge in [0, 0.05) is 6.54 Å². The maximum atomic E-state index is 14.1. The van der Waals surface area contributed by atoms with E-state index in [1.807, 2.05) is 20.8 Å². The summed E-state index contributed by atoms with van der Waals surface area (Å²) in [6, 6.07) is 0. The number of halogens is 1. The second-order valence-electron chi connectivity index (χ2n) is 5.66. The SMILES string of the molecule is CC(C)(C)O[C@H]1CCN(C(=O)c2nnc[nH]2)C[C@H]1F. The number of ether oxygens (including phenoxy) is 1. The van der Waals surface area contributed by atoms with E-state index < -0.39 is 12.3 Å². The molecule has 1 saturated heterocycles. The maximum absolute atomic E-state index is 14.1. The molecule has 2 heterocycles. The number of H-pyrrole nitrogens is 1. The summed E-state index contributed by atoms with van der Waals surface area (Å²) in [6.45, 7) is 6.17. The van der Waals surface area contributed by atoms with E-state index in [1.165, 1.54) is 11.2 Å². The number of alkyl halides is 1. The van der Waals surface area contributed by atoms with Crippen molar-refractivity contribution >= 4 is 5.91 Å². The van der Waals surface area contributed by atoms with Crippen molar-refractivity contribution in [2.24, 2.45) is 0 Å². The van der Waals surface area contributed by atoms with Crippen LogP contribution in [0.3, 0.4) is 0 Å². The van der Waals surface area contributed by atoms with Gasteiger partial charge in [0.15, 0.2) is 0 Å². The molecule has 2 rings (SSSR count). The van der Waals surface area contributed by atoms with Gasteiger partial charge in [0.05, 0.1) is 18.2 Å². The average molecular weight is 270 g/mol. The first-order valence-corrected chi connectivity index (χ1v) is 6.34. The van der Waals surface area contributed by atoms with Crippen LogP contribution >= 0.6 is 0 Å². The molecule has 106 valence electrons. The minimum absolute atomic E-state index is 0.0281. The number of aromatic nitrogens is 3. The third-order valence-corrected chi connectivity index (χ3v) is 2.89. The Labute approximate surface area is 111 Å². The largest absolute Gasteiger partial charge is 0.369 e. The van der Waals surface area contributed by atoms with E-state index in [4.69, 9.17) is 4.74 Å². The van der Waals surface area contributed by atoms with Crippen LogP contribution in [0.2, 0.25) is 0 Å². The van der Waals surface area contributed by atoms with Crippen molar-refractivity contribution in [3.05, 3.63) is 12.2 Å². The van der Waals surface area contributed by atoms with E-state index in [2.05, 4.69) is 15.2 Å². The standard InChI is InChI=1S/C12H19FN4O2/c1-12(2,3)19-9-4-5-17(6-8(9)13)11(18)10-14-7-15-16-10/h7-9H,4-6H2,1-3H3,(H,14,15,16)/t8-,9+/m1/s1. The molecular formula is C12H19FN4O2. The molecule has 0 aliphatic carbocycles. The Balaban J connectivity index is 1.95. The molecule has 6 nitrogen and oxygen atoms in total. The molecule has 1 N–H and O–H groups in total.